The summed E-state index contributed by atoms with van der Waals surface area (Å²) in [6, 6.07) is 3.73. The van der Waals surface area contributed by atoms with Gasteiger partial charge in [0.05, 0.1) is 23.4 Å². The van der Waals surface area contributed by atoms with E-state index in [1.165, 1.54) is 0 Å². The Bertz CT molecular complexity index is 494. The summed E-state index contributed by atoms with van der Waals surface area (Å²) >= 11 is 6.22. The van der Waals surface area contributed by atoms with Gasteiger partial charge in [0.2, 0.25) is 0 Å². The standard InChI is InChI=1S/C14H17ClN2O2/c1-2-19-14(18)13-9-5-7-17(13)11(8-9)12-10(15)4-3-6-16-12/h3-4,6,9,11,13H,2,5,7-8H2,1H3. The predicted octanol–water partition coefficient (Wildman–Crippen LogP) is 2.43. The van der Waals surface area contributed by atoms with E-state index >= 15 is 0 Å². The monoisotopic (exact) mass is 280 g/mol. The fourth-order valence-electron chi connectivity index (χ4n) is 3.37. The maximum Gasteiger partial charge on any atom is 0.323 e. The highest BCUT2D eigenvalue weighted by molar-refractivity contribution is 6.31. The summed E-state index contributed by atoms with van der Waals surface area (Å²) in [5.41, 5.74) is 0.890. The quantitative estimate of drug-likeness (QED) is 0.798. The molecule has 0 aliphatic carbocycles. The van der Waals surface area contributed by atoms with Gasteiger partial charge in [-0.2, -0.15) is 0 Å². The Kier molecular flexibility index (Phi) is 3.46. The van der Waals surface area contributed by atoms with E-state index in [9.17, 15) is 4.79 Å². The van der Waals surface area contributed by atoms with Gasteiger partial charge in [-0.05, 0) is 37.8 Å². The van der Waals surface area contributed by atoms with Gasteiger partial charge in [-0.3, -0.25) is 14.7 Å². The van der Waals surface area contributed by atoms with Crippen LogP contribution < -0.4 is 0 Å². The zero-order valence-electron chi connectivity index (χ0n) is 10.9. The lowest BCUT2D eigenvalue weighted by Crippen LogP contribution is -2.36. The second-order valence-electron chi connectivity index (χ2n) is 5.11. The number of hydrogen-bond acceptors (Lipinski definition) is 4. The third-order valence-corrected chi connectivity index (χ3v) is 4.44. The molecule has 2 aliphatic heterocycles. The fourth-order valence-corrected chi connectivity index (χ4v) is 3.62. The minimum Gasteiger partial charge on any atom is -0.465 e. The SMILES string of the molecule is CCOC(=O)C1C2CCN1C(c1ncccc1Cl)C2. The number of aromatic nitrogens is 1. The van der Waals surface area contributed by atoms with E-state index in [4.69, 9.17) is 16.3 Å². The van der Waals surface area contributed by atoms with Crippen molar-refractivity contribution < 1.29 is 9.53 Å². The molecule has 4 atom stereocenters. The van der Waals surface area contributed by atoms with Crippen LogP contribution in [0.5, 0.6) is 0 Å². The number of hydrogen-bond donors (Lipinski definition) is 0. The third kappa shape index (κ3) is 2.13. The van der Waals surface area contributed by atoms with Gasteiger partial charge in [0.1, 0.15) is 6.04 Å². The van der Waals surface area contributed by atoms with Gasteiger partial charge >= 0.3 is 5.97 Å². The van der Waals surface area contributed by atoms with Gasteiger partial charge in [0.15, 0.2) is 0 Å². The Hall–Kier alpha value is -1.13. The molecule has 1 aromatic heterocycles. The number of piperidine rings is 1. The number of carbonyl (C=O) groups excluding carboxylic acids is 1. The second kappa shape index (κ2) is 5.10. The molecule has 5 heteroatoms. The van der Waals surface area contributed by atoms with Crippen molar-refractivity contribution in [3.8, 4) is 0 Å². The molecule has 19 heavy (non-hydrogen) atoms. The summed E-state index contributed by atoms with van der Waals surface area (Å²) < 4.78 is 5.19. The molecule has 3 heterocycles. The van der Waals surface area contributed by atoms with Crippen molar-refractivity contribution in [3.63, 3.8) is 0 Å². The van der Waals surface area contributed by atoms with E-state index in [1.54, 1.807) is 6.20 Å². The molecule has 0 aromatic carbocycles. The zero-order valence-corrected chi connectivity index (χ0v) is 11.6. The normalized spacial score (nSPS) is 32.5. The summed E-state index contributed by atoms with van der Waals surface area (Å²) in [5.74, 6) is 0.279. The number of carbonyl (C=O) groups is 1. The van der Waals surface area contributed by atoms with Crippen molar-refractivity contribution >= 4 is 17.6 Å². The van der Waals surface area contributed by atoms with Crippen molar-refractivity contribution in [1.82, 2.24) is 9.88 Å². The number of rotatable bonds is 3. The molecule has 0 amide bonds. The highest BCUT2D eigenvalue weighted by atomic mass is 35.5. The molecular weight excluding hydrogens is 264 g/mol. The zero-order chi connectivity index (χ0) is 13.4. The summed E-state index contributed by atoms with van der Waals surface area (Å²) in [5, 5.41) is 0.683. The van der Waals surface area contributed by atoms with Crippen molar-refractivity contribution in [3.05, 3.63) is 29.0 Å². The van der Waals surface area contributed by atoms with Crippen LogP contribution in [0.15, 0.2) is 18.3 Å². The topological polar surface area (TPSA) is 42.4 Å². The Morgan fingerprint density at radius 2 is 2.47 bits per heavy atom. The Morgan fingerprint density at radius 1 is 1.63 bits per heavy atom. The van der Waals surface area contributed by atoms with Gasteiger partial charge in [-0.15, -0.1) is 0 Å². The van der Waals surface area contributed by atoms with Crippen LogP contribution in [0.4, 0.5) is 0 Å². The Labute approximate surface area is 117 Å². The molecule has 2 bridgehead atoms. The molecule has 1 aromatic rings. The van der Waals surface area contributed by atoms with E-state index in [0.717, 1.165) is 25.1 Å². The van der Waals surface area contributed by atoms with Crippen LogP contribution in [0.2, 0.25) is 5.02 Å². The molecular formula is C14H17ClN2O2. The minimum absolute atomic E-state index is 0.0976. The van der Waals surface area contributed by atoms with E-state index in [-0.39, 0.29) is 18.1 Å². The van der Waals surface area contributed by atoms with Crippen molar-refractivity contribution in [2.45, 2.75) is 31.8 Å². The molecule has 0 saturated carbocycles. The molecule has 102 valence electrons. The summed E-state index contributed by atoms with van der Waals surface area (Å²) in [6.07, 6.45) is 3.76. The summed E-state index contributed by atoms with van der Waals surface area (Å²) in [7, 11) is 0. The van der Waals surface area contributed by atoms with Crippen LogP contribution >= 0.6 is 11.6 Å². The maximum atomic E-state index is 12.1. The van der Waals surface area contributed by atoms with Crippen LogP contribution in [0, 0.1) is 5.92 Å². The first-order valence-electron chi connectivity index (χ1n) is 6.75. The summed E-state index contributed by atoms with van der Waals surface area (Å²) in [6.45, 7) is 3.20. The minimum atomic E-state index is -0.108. The molecule has 2 fully saturated rings. The smallest absolute Gasteiger partial charge is 0.323 e. The van der Waals surface area contributed by atoms with Gasteiger partial charge in [0, 0.05) is 12.7 Å². The molecule has 0 N–H and O–H groups in total. The molecule has 4 nitrogen and oxygen atoms in total. The van der Waals surface area contributed by atoms with Crippen molar-refractivity contribution in [2.24, 2.45) is 5.92 Å². The molecule has 4 unspecified atom stereocenters. The molecule has 0 spiro atoms. The maximum absolute atomic E-state index is 12.1. The number of halogens is 1. The molecule has 2 aliphatic rings. The number of pyridine rings is 1. The van der Waals surface area contributed by atoms with Gasteiger partial charge < -0.3 is 4.74 Å². The summed E-state index contributed by atoms with van der Waals surface area (Å²) in [4.78, 5) is 18.6. The lowest BCUT2D eigenvalue weighted by molar-refractivity contribution is -0.148. The predicted molar refractivity (Wildman–Crippen MR) is 71.8 cm³/mol. The van der Waals surface area contributed by atoms with Gasteiger partial charge in [0.25, 0.3) is 0 Å². The fraction of sp³-hybridized carbons (Fsp3) is 0.571. The van der Waals surface area contributed by atoms with Crippen LogP contribution in [-0.4, -0.2) is 35.0 Å². The number of ether oxygens (including phenoxy) is 1. The van der Waals surface area contributed by atoms with Gasteiger partial charge in [-0.1, -0.05) is 11.6 Å². The number of fused-ring (bicyclic) bond motifs is 2. The lowest BCUT2D eigenvalue weighted by Gasteiger charge is -2.26. The van der Waals surface area contributed by atoms with E-state index in [1.807, 2.05) is 19.1 Å². The Balaban J connectivity index is 1.85. The molecule has 3 rings (SSSR count). The van der Waals surface area contributed by atoms with E-state index in [0.29, 0.717) is 17.5 Å². The molecule has 0 radical (unpaired) electrons. The second-order valence-corrected chi connectivity index (χ2v) is 5.51. The highest BCUT2D eigenvalue weighted by Crippen LogP contribution is 2.47. The number of nitrogens with zero attached hydrogens (tertiary/aromatic N) is 2. The van der Waals surface area contributed by atoms with Crippen molar-refractivity contribution in [2.75, 3.05) is 13.2 Å². The lowest BCUT2D eigenvalue weighted by atomic mass is 9.95. The first-order valence-corrected chi connectivity index (χ1v) is 7.13. The molecule has 2 saturated heterocycles. The van der Waals surface area contributed by atoms with Crippen LogP contribution in [0.3, 0.4) is 0 Å². The highest BCUT2D eigenvalue weighted by Gasteiger charge is 2.51. The Morgan fingerprint density at radius 3 is 3.21 bits per heavy atom. The first kappa shape index (κ1) is 12.9. The first-order chi connectivity index (χ1) is 9.22. The van der Waals surface area contributed by atoms with Gasteiger partial charge in [-0.25, -0.2) is 0 Å². The largest absolute Gasteiger partial charge is 0.465 e. The van der Waals surface area contributed by atoms with Crippen LogP contribution in [0.25, 0.3) is 0 Å². The van der Waals surface area contributed by atoms with Crippen LogP contribution in [-0.2, 0) is 9.53 Å². The third-order valence-electron chi connectivity index (χ3n) is 4.12. The van der Waals surface area contributed by atoms with Crippen molar-refractivity contribution in [1.29, 1.82) is 0 Å². The number of esters is 1. The van der Waals surface area contributed by atoms with Crippen LogP contribution in [0.1, 0.15) is 31.5 Å². The average Bonchev–Trinajstić information content (AvgIpc) is 2.97. The average molecular weight is 281 g/mol. The van der Waals surface area contributed by atoms with E-state index in [2.05, 4.69) is 9.88 Å². The van der Waals surface area contributed by atoms with E-state index < -0.39 is 0 Å².